The van der Waals surface area contributed by atoms with E-state index in [4.69, 9.17) is 5.84 Å². The smallest absolute Gasteiger partial charge is 0.0660 e. The number of nitrogens with zero attached hydrogens (tertiary/aromatic N) is 1. The van der Waals surface area contributed by atoms with Crippen molar-refractivity contribution in [2.45, 2.75) is 46.1 Å². The molecular weight excluding hydrogens is 222 g/mol. The lowest BCUT2D eigenvalue weighted by atomic mass is 9.73. The van der Waals surface area contributed by atoms with Crippen LogP contribution >= 0.6 is 0 Å². The summed E-state index contributed by atoms with van der Waals surface area (Å²) in [6.45, 7) is 6.80. The van der Waals surface area contributed by atoms with Crippen LogP contribution in [0, 0.1) is 24.7 Å². The van der Waals surface area contributed by atoms with E-state index in [9.17, 15) is 0 Å². The van der Waals surface area contributed by atoms with Crippen molar-refractivity contribution in [1.82, 2.24) is 10.4 Å². The molecule has 0 aliphatic heterocycles. The first-order valence-electron chi connectivity index (χ1n) is 6.98. The third-order valence-corrected chi connectivity index (χ3v) is 4.12. The van der Waals surface area contributed by atoms with Gasteiger partial charge in [0.2, 0.25) is 0 Å². The molecular formula is C15H25N3. The minimum Gasteiger partial charge on any atom is -0.271 e. The summed E-state index contributed by atoms with van der Waals surface area (Å²) in [6.07, 6.45) is 5.71. The van der Waals surface area contributed by atoms with Crippen LogP contribution in [0.3, 0.4) is 0 Å². The van der Waals surface area contributed by atoms with Gasteiger partial charge in [0.25, 0.3) is 0 Å². The van der Waals surface area contributed by atoms with Gasteiger partial charge in [-0.2, -0.15) is 0 Å². The van der Waals surface area contributed by atoms with Crippen molar-refractivity contribution in [3.63, 3.8) is 0 Å². The van der Waals surface area contributed by atoms with Gasteiger partial charge < -0.3 is 0 Å². The van der Waals surface area contributed by atoms with E-state index in [0.717, 1.165) is 17.5 Å². The largest absolute Gasteiger partial charge is 0.271 e. The maximum Gasteiger partial charge on any atom is 0.0660 e. The van der Waals surface area contributed by atoms with Crippen LogP contribution in [0.4, 0.5) is 0 Å². The molecule has 3 atom stereocenters. The monoisotopic (exact) mass is 247 g/mol. The number of hydrogen-bond donors (Lipinski definition) is 2. The maximum atomic E-state index is 5.79. The predicted molar refractivity (Wildman–Crippen MR) is 74.7 cm³/mol. The Labute approximate surface area is 110 Å². The second-order valence-electron chi connectivity index (χ2n) is 6.08. The Kier molecular flexibility index (Phi) is 4.36. The van der Waals surface area contributed by atoms with Gasteiger partial charge >= 0.3 is 0 Å². The molecule has 3 N–H and O–H groups in total. The lowest BCUT2D eigenvalue weighted by Gasteiger charge is -2.36. The van der Waals surface area contributed by atoms with E-state index in [1.165, 1.54) is 24.8 Å². The van der Waals surface area contributed by atoms with E-state index in [1.807, 2.05) is 12.3 Å². The highest BCUT2D eigenvalue weighted by atomic mass is 15.2. The third kappa shape index (κ3) is 3.09. The molecule has 3 unspecified atom stereocenters. The van der Waals surface area contributed by atoms with Crippen LogP contribution in [0.1, 0.15) is 50.4 Å². The molecule has 0 amide bonds. The molecule has 0 aromatic carbocycles. The molecule has 0 saturated heterocycles. The molecule has 0 radical (unpaired) electrons. The molecule has 2 rings (SSSR count). The van der Waals surface area contributed by atoms with Crippen LogP contribution in [-0.4, -0.2) is 4.98 Å². The summed E-state index contributed by atoms with van der Waals surface area (Å²) < 4.78 is 0. The number of pyridine rings is 1. The summed E-state index contributed by atoms with van der Waals surface area (Å²) in [5.74, 6) is 7.97. The molecule has 1 heterocycles. The SMILES string of the molecule is Cc1ccnc(C(NN)C2CC(C)CC(C)C2)c1. The summed E-state index contributed by atoms with van der Waals surface area (Å²) in [4.78, 5) is 4.49. The second kappa shape index (κ2) is 5.81. The van der Waals surface area contributed by atoms with E-state index in [2.05, 4.69) is 37.2 Å². The number of aromatic nitrogens is 1. The normalized spacial score (nSPS) is 30.1. The van der Waals surface area contributed by atoms with Crippen LogP contribution in [0.2, 0.25) is 0 Å². The first-order chi connectivity index (χ1) is 8.60. The number of hydrazine groups is 1. The van der Waals surface area contributed by atoms with Crippen molar-refractivity contribution in [2.75, 3.05) is 0 Å². The fraction of sp³-hybridized carbons (Fsp3) is 0.667. The van der Waals surface area contributed by atoms with Crippen LogP contribution in [0.15, 0.2) is 18.3 Å². The van der Waals surface area contributed by atoms with Crippen LogP contribution in [0.5, 0.6) is 0 Å². The van der Waals surface area contributed by atoms with Crippen molar-refractivity contribution in [3.05, 3.63) is 29.6 Å². The number of aryl methyl sites for hydroxylation is 1. The van der Waals surface area contributed by atoms with Gasteiger partial charge in [-0.25, -0.2) is 0 Å². The maximum absolute atomic E-state index is 5.79. The van der Waals surface area contributed by atoms with Crippen LogP contribution < -0.4 is 11.3 Å². The number of hydrogen-bond acceptors (Lipinski definition) is 3. The van der Waals surface area contributed by atoms with E-state index < -0.39 is 0 Å². The molecule has 1 aliphatic rings. The lowest BCUT2D eigenvalue weighted by Crippen LogP contribution is -2.37. The first kappa shape index (κ1) is 13.5. The highest BCUT2D eigenvalue weighted by Gasteiger charge is 2.31. The quantitative estimate of drug-likeness (QED) is 0.638. The van der Waals surface area contributed by atoms with Crippen molar-refractivity contribution in [2.24, 2.45) is 23.6 Å². The molecule has 18 heavy (non-hydrogen) atoms. The Morgan fingerprint density at radius 2 is 1.94 bits per heavy atom. The summed E-state index contributed by atoms with van der Waals surface area (Å²) in [7, 11) is 0. The van der Waals surface area contributed by atoms with E-state index >= 15 is 0 Å². The molecule has 3 nitrogen and oxygen atoms in total. The molecule has 3 heteroatoms. The highest BCUT2D eigenvalue weighted by molar-refractivity contribution is 5.18. The molecule has 0 bridgehead atoms. The average molecular weight is 247 g/mol. The van der Waals surface area contributed by atoms with Crippen LogP contribution in [-0.2, 0) is 0 Å². The van der Waals surface area contributed by atoms with Gasteiger partial charge in [0.1, 0.15) is 0 Å². The fourth-order valence-corrected chi connectivity index (χ4v) is 3.47. The molecule has 100 valence electrons. The lowest BCUT2D eigenvalue weighted by molar-refractivity contribution is 0.175. The second-order valence-corrected chi connectivity index (χ2v) is 6.08. The molecule has 0 spiro atoms. The van der Waals surface area contributed by atoms with E-state index in [1.54, 1.807) is 0 Å². The van der Waals surface area contributed by atoms with Gasteiger partial charge in [-0.1, -0.05) is 13.8 Å². The number of rotatable bonds is 3. The minimum absolute atomic E-state index is 0.190. The van der Waals surface area contributed by atoms with Crippen molar-refractivity contribution in [3.8, 4) is 0 Å². The number of nitrogens with one attached hydrogen (secondary N) is 1. The molecule has 1 fully saturated rings. The first-order valence-corrected chi connectivity index (χ1v) is 6.98. The summed E-state index contributed by atoms with van der Waals surface area (Å²) in [5.41, 5.74) is 5.33. The highest BCUT2D eigenvalue weighted by Crippen LogP contribution is 2.39. The predicted octanol–water partition coefficient (Wildman–Crippen LogP) is 2.97. The van der Waals surface area contributed by atoms with Gasteiger partial charge in [-0.05, 0) is 61.6 Å². The van der Waals surface area contributed by atoms with Gasteiger partial charge in [0.15, 0.2) is 0 Å². The van der Waals surface area contributed by atoms with Gasteiger partial charge in [-0.15, -0.1) is 0 Å². The van der Waals surface area contributed by atoms with E-state index in [-0.39, 0.29) is 6.04 Å². The molecule has 1 saturated carbocycles. The van der Waals surface area contributed by atoms with Crippen LogP contribution in [0.25, 0.3) is 0 Å². The molecule has 1 aliphatic carbocycles. The third-order valence-electron chi connectivity index (χ3n) is 4.12. The standard InChI is InChI=1S/C15H25N3/c1-10-4-5-17-14(9-10)15(18-16)13-7-11(2)6-12(3)8-13/h4-5,9,11-13,15,18H,6-8,16H2,1-3H3. The fourth-order valence-electron chi connectivity index (χ4n) is 3.47. The van der Waals surface area contributed by atoms with Gasteiger partial charge in [0.05, 0.1) is 11.7 Å². The Bertz CT molecular complexity index is 381. The zero-order chi connectivity index (χ0) is 13.1. The Morgan fingerprint density at radius 3 is 2.50 bits per heavy atom. The zero-order valence-electron chi connectivity index (χ0n) is 11.7. The summed E-state index contributed by atoms with van der Waals surface area (Å²) >= 11 is 0. The number of nitrogens with two attached hydrogens (primary N) is 1. The minimum atomic E-state index is 0.190. The van der Waals surface area contributed by atoms with Crippen molar-refractivity contribution in [1.29, 1.82) is 0 Å². The Morgan fingerprint density at radius 1 is 1.28 bits per heavy atom. The van der Waals surface area contributed by atoms with Gasteiger partial charge in [-0.3, -0.25) is 16.3 Å². The Hall–Kier alpha value is -0.930. The Balaban J connectivity index is 2.17. The van der Waals surface area contributed by atoms with Gasteiger partial charge in [0, 0.05) is 6.20 Å². The molecule has 1 aromatic rings. The topological polar surface area (TPSA) is 50.9 Å². The van der Waals surface area contributed by atoms with E-state index in [0.29, 0.717) is 5.92 Å². The van der Waals surface area contributed by atoms with Crippen molar-refractivity contribution >= 4 is 0 Å². The average Bonchev–Trinajstić information content (AvgIpc) is 2.28. The summed E-state index contributed by atoms with van der Waals surface area (Å²) in [5, 5.41) is 0. The molecule has 1 aromatic heterocycles. The summed E-state index contributed by atoms with van der Waals surface area (Å²) in [6, 6.07) is 4.37. The zero-order valence-corrected chi connectivity index (χ0v) is 11.7. The van der Waals surface area contributed by atoms with Crippen molar-refractivity contribution < 1.29 is 0 Å².